The summed E-state index contributed by atoms with van der Waals surface area (Å²) < 4.78 is 5.48. The number of carboxylic acids is 1. The van der Waals surface area contributed by atoms with E-state index < -0.39 is 5.97 Å². The predicted octanol–water partition coefficient (Wildman–Crippen LogP) is 3.97. The number of allylic oxidation sites excluding steroid dienone is 1. The molecule has 2 aromatic rings. The lowest BCUT2D eigenvalue weighted by atomic mass is 10.0. The van der Waals surface area contributed by atoms with Gasteiger partial charge < -0.3 is 9.63 Å². The molecule has 136 valence electrons. The number of aliphatic carboxylic acids is 1. The lowest BCUT2D eigenvalue weighted by Gasteiger charge is -2.04. The molecule has 1 fully saturated rings. The molecule has 2 aliphatic carbocycles. The molecule has 1 N–H and O–H groups in total. The standard InChI is InChI=1S/C19H20N2O4S/c1-9-10(2)26-15(8-14(22)12-4-3-5-13(12)19(23)24)16(9)18-20-17(21-25-18)11-6-7-11/h11H,3-8H2,1-2H3,(H,23,24). The van der Waals surface area contributed by atoms with Crippen molar-refractivity contribution in [2.24, 2.45) is 0 Å². The van der Waals surface area contributed by atoms with Crippen LogP contribution in [0.25, 0.3) is 11.5 Å². The van der Waals surface area contributed by atoms with Crippen LogP contribution in [0.1, 0.15) is 59.2 Å². The molecule has 6 nitrogen and oxygen atoms in total. The molecule has 7 heteroatoms. The third-order valence-corrected chi connectivity index (χ3v) is 6.40. The van der Waals surface area contributed by atoms with Crippen molar-refractivity contribution in [3.8, 4) is 11.5 Å². The number of aromatic nitrogens is 2. The maximum Gasteiger partial charge on any atom is 0.331 e. The monoisotopic (exact) mass is 372 g/mol. The Morgan fingerprint density at radius 2 is 1.96 bits per heavy atom. The van der Waals surface area contributed by atoms with Gasteiger partial charge in [0.05, 0.1) is 5.56 Å². The fraction of sp³-hybridized carbons (Fsp3) is 0.474. The van der Waals surface area contributed by atoms with Crippen LogP contribution in [0.2, 0.25) is 0 Å². The summed E-state index contributed by atoms with van der Waals surface area (Å²) >= 11 is 1.55. The minimum absolute atomic E-state index is 0.107. The van der Waals surface area contributed by atoms with Crippen molar-refractivity contribution in [3.05, 3.63) is 32.3 Å². The number of hydrogen-bond acceptors (Lipinski definition) is 6. The molecule has 0 aromatic carbocycles. The second-order valence-electron chi connectivity index (χ2n) is 7.03. The summed E-state index contributed by atoms with van der Waals surface area (Å²) in [4.78, 5) is 30.6. The Bertz CT molecular complexity index is 933. The predicted molar refractivity (Wildman–Crippen MR) is 96.3 cm³/mol. The molecule has 0 unspecified atom stereocenters. The maximum atomic E-state index is 12.8. The van der Waals surface area contributed by atoms with Crippen LogP contribution in [0.15, 0.2) is 15.7 Å². The highest BCUT2D eigenvalue weighted by atomic mass is 32.1. The molecule has 2 heterocycles. The minimum Gasteiger partial charge on any atom is -0.478 e. The number of carbonyl (C=O) groups is 2. The quantitative estimate of drug-likeness (QED) is 0.825. The van der Waals surface area contributed by atoms with Gasteiger partial charge in [0.2, 0.25) is 0 Å². The van der Waals surface area contributed by atoms with Gasteiger partial charge in [-0.3, -0.25) is 4.79 Å². The van der Waals surface area contributed by atoms with Crippen LogP contribution in [0.3, 0.4) is 0 Å². The fourth-order valence-electron chi connectivity index (χ4n) is 3.49. The Balaban J connectivity index is 1.66. The number of rotatable bonds is 6. The molecule has 1 saturated carbocycles. The second-order valence-corrected chi connectivity index (χ2v) is 8.34. The lowest BCUT2D eigenvalue weighted by Crippen LogP contribution is -2.10. The summed E-state index contributed by atoms with van der Waals surface area (Å²) in [6.07, 6.45) is 4.12. The highest BCUT2D eigenvalue weighted by Crippen LogP contribution is 2.41. The number of Topliss-reactive ketones (excluding diaryl/α,β-unsaturated/α-hetero) is 1. The van der Waals surface area contributed by atoms with Crippen molar-refractivity contribution in [1.82, 2.24) is 10.1 Å². The van der Waals surface area contributed by atoms with Crippen LogP contribution >= 0.6 is 11.3 Å². The third kappa shape index (κ3) is 3.00. The van der Waals surface area contributed by atoms with E-state index in [4.69, 9.17) is 4.52 Å². The van der Waals surface area contributed by atoms with Gasteiger partial charge in [-0.05, 0) is 51.5 Å². The molecule has 0 bridgehead atoms. The molecular formula is C19H20N2O4S. The average Bonchev–Trinajstić information content (AvgIpc) is 3.04. The van der Waals surface area contributed by atoms with Crippen LogP contribution in [-0.4, -0.2) is 27.0 Å². The van der Waals surface area contributed by atoms with E-state index >= 15 is 0 Å². The Labute approximate surface area is 154 Å². The number of aryl methyl sites for hydroxylation is 1. The number of thiophene rings is 1. The van der Waals surface area contributed by atoms with Crippen molar-refractivity contribution >= 4 is 23.1 Å². The van der Waals surface area contributed by atoms with Crippen LogP contribution in [0.5, 0.6) is 0 Å². The van der Waals surface area contributed by atoms with Crippen molar-refractivity contribution in [1.29, 1.82) is 0 Å². The van der Waals surface area contributed by atoms with Gasteiger partial charge in [-0.25, -0.2) is 4.79 Å². The molecule has 0 spiro atoms. The molecule has 0 saturated heterocycles. The Kier molecular flexibility index (Phi) is 4.26. The summed E-state index contributed by atoms with van der Waals surface area (Å²) in [5, 5.41) is 13.4. The Hall–Kier alpha value is -2.28. The van der Waals surface area contributed by atoms with E-state index in [1.165, 1.54) is 0 Å². The lowest BCUT2D eigenvalue weighted by molar-refractivity contribution is -0.133. The fourth-order valence-corrected chi connectivity index (χ4v) is 4.66. The van der Waals surface area contributed by atoms with Crippen LogP contribution in [-0.2, 0) is 16.0 Å². The molecular weight excluding hydrogens is 352 g/mol. The van der Waals surface area contributed by atoms with E-state index in [1.807, 2.05) is 13.8 Å². The average molecular weight is 372 g/mol. The first-order valence-electron chi connectivity index (χ1n) is 8.87. The van der Waals surface area contributed by atoms with Gasteiger partial charge in [0.25, 0.3) is 5.89 Å². The summed E-state index contributed by atoms with van der Waals surface area (Å²) in [5.74, 6) is 0.530. The molecule has 0 atom stereocenters. The Morgan fingerprint density at radius 3 is 2.65 bits per heavy atom. The van der Waals surface area contributed by atoms with Crippen molar-refractivity contribution in [3.63, 3.8) is 0 Å². The smallest absolute Gasteiger partial charge is 0.331 e. The number of carboxylic acid groups (broad SMARTS) is 1. The summed E-state index contributed by atoms with van der Waals surface area (Å²) in [5.41, 5.74) is 2.63. The second kappa shape index (κ2) is 6.46. The molecule has 0 aliphatic heterocycles. The molecule has 4 rings (SSSR count). The van der Waals surface area contributed by atoms with Crippen molar-refractivity contribution in [2.75, 3.05) is 0 Å². The van der Waals surface area contributed by atoms with Gasteiger partial charge in [-0.2, -0.15) is 4.98 Å². The van der Waals surface area contributed by atoms with E-state index in [-0.39, 0.29) is 17.8 Å². The Morgan fingerprint density at radius 1 is 1.23 bits per heavy atom. The highest BCUT2D eigenvalue weighted by Gasteiger charge is 2.31. The first kappa shape index (κ1) is 17.1. The van der Waals surface area contributed by atoms with Gasteiger partial charge in [-0.1, -0.05) is 5.16 Å². The minimum atomic E-state index is -0.976. The van der Waals surface area contributed by atoms with Gasteiger partial charge in [0.15, 0.2) is 11.6 Å². The number of nitrogens with zero attached hydrogens (tertiary/aromatic N) is 2. The summed E-state index contributed by atoms with van der Waals surface area (Å²) in [6.45, 7) is 4.00. The topological polar surface area (TPSA) is 93.3 Å². The van der Waals surface area contributed by atoms with E-state index in [0.29, 0.717) is 30.2 Å². The van der Waals surface area contributed by atoms with Gasteiger partial charge in [0, 0.05) is 33.2 Å². The normalized spacial score (nSPS) is 17.2. The third-order valence-electron chi connectivity index (χ3n) is 5.19. The zero-order valence-electron chi connectivity index (χ0n) is 14.8. The largest absolute Gasteiger partial charge is 0.478 e. The van der Waals surface area contributed by atoms with E-state index in [0.717, 1.165) is 46.0 Å². The van der Waals surface area contributed by atoms with E-state index in [2.05, 4.69) is 10.1 Å². The van der Waals surface area contributed by atoms with Gasteiger partial charge in [-0.15, -0.1) is 11.3 Å². The first-order valence-corrected chi connectivity index (χ1v) is 9.68. The zero-order valence-corrected chi connectivity index (χ0v) is 15.6. The summed E-state index contributed by atoms with van der Waals surface area (Å²) in [7, 11) is 0. The summed E-state index contributed by atoms with van der Waals surface area (Å²) in [6, 6.07) is 0. The van der Waals surface area contributed by atoms with E-state index in [1.54, 1.807) is 11.3 Å². The zero-order chi connectivity index (χ0) is 18.4. The van der Waals surface area contributed by atoms with Crippen molar-refractivity contribution < 1.29 is 19.2 Å². The van der Waals surface area contributed by atoms with Gasteiger partial charge >= 0.3 is 5.97 Å². The number of hydrogen-bond donors (Lipinski definition) is 1. The molecule has 2 aliphatic rings. The van der Waals surface area contributed by atoms with Crippen molar-refractivity contribution in [2.45, 2.75) is 58.3 Å². The highest BCUT2D eigenvalue weighted by molar-refractivity contribution is 7.12. The molecule has 0 radical (unpaired) electrons. The SMILES string of the molecule is Cc1sc(CC(=O)C2=C(C(=O)O)CCC2)c(-c2nc(C3CC3)no2)c1C. The number of ketones is 1. The molecule has 26 heavy (non-hydrogen) atoms. The molecule has 0 amide bonds. The maximum absolute atomic E-state index is 12.8. The van der Waals surface area contributed by atoms with Crippen LogP contribution in [0, 0.1) is 13.8 Å². The van der Waals surface area contributed by atoms with Gasteiger partial charge in [0.1, 0.15) is 0 Å². The van der Waals surface area contributed by atoms with Crippen LogP contribution in [0.4, 0.5) is 0 Å². The number of carbonyl (C=O) groups excluding carboxylic acids is 1. The van der Waals surface area contributed by atoms with E-state index in [9.17, 15) is 14.7 Å². The molecule has 2 aromatic heterocycles. The van der Waals surface area contributed by atoms with Crippen LogP contribution < -0.4 is 0 Å². The first-order chi connectivity index (χ1) is 12.5.